The Bertz CT molecular complexity index is 199. The van der Waals surface area contributed by atoms with Gasteiger partial charge in [-0.2, -0.15) is 0 Å². The van der Waals surface area contributed by atoms with Gasteiger partial charge in [-0.1, -0.05) is 13.3 Å². The summed E-state index contributed by atoms with van der Waals surface area (Å²) >= 11 is 0. The number of hydrazine groups is 1. The molecule has 5 heteroatoms. The van der Waals surface area contributed by atoms with Gasteiger partial charge in [0, 0.05) is 19.6 Å². The number of hydrogen-bond donors (Lipinski definition) is 3. The van der Waals surface area contributed by atoms with Crippen LogP contribution in [0.3, 0.4) is 0 Å². The van der Waals surface area contributed by atoms with E-state index in [1.54, 1.807) is 0 Å². The molecule has 0 saturated carbocycles. The molecular weight excluding hydrogens is 202 g/mol. The highest BCUT2D eigenvalue weighted by molar-refractivity contribution is 5.79. The number of rotatable bonds is 6. The molecule has 0 aromatic rings. The van der Waals surface area contributed by atoms with Gasteiger partial charge in [0.25, 0.3) is 0 Å². The van der Waals surface area contributed by atoms with Crippen LogP contribution < -0.4 is 16.6 Å². The van der Waals surface area contributed by atoms with Crippen molar-refractivity contribution in [1.82, 2.24) is 15.6 Å². The highest BCUT2D eigenvalue weighted by Crippen LogP contribution is 2.05. The van der Waals surface area contributed by atoms with Crippen molar-refractivity contribution in [2.45, 2.75) is 32.6 Å². The maximum atomic E-state index is 5.39. The molecule has 1 heterocycles. The SMILES string of the molecule is CCCCN=C(NN)NCCN1CCCC1. The fourth-order valence-corrected chi connectivity index (χ4v) is 1.84. The first-order valence-electron chi connectivity index (χ1n) is 6.34. The van der Waals surface area contributed by atoms with Crippen LogP contribution in [-0.4, -0.2) is 43.6 Å². The van der Waals surface area contributed by atoms with E-state index in [9.17, 15) is 0 Å². The quantitative estimate of drug-likeness (QED) is 0.201. The molecule has 16 heavy (non-hydrogen) atoms. The van der Waals surface area contributed by atoms with Crippen molar-refractivity contribution in [1.29, 1.82) is 0 Å². The van der Waals surface area contributed by atoms with Crippen molar-refractivity contribution in [3.63, 3.8) is 0 Å². The first-order valence-corrected chi connectivity index (χ1v) is 6.34. The van der Waals surface area contributed by atoms with Crippen molar-refractivity contribution in [3.05, 3.63) is 0 Å². The summed E-state index contributed by atoms with van der Waals surface area (Å²) in [6.45, 7) is 7.46. The summed E-state index contributed by atoms with van der Waals surface area (Å²) in [5.74, 6) is 6.11. The minimum Gasteiger partial charge on any atom is -0.354 e. The molecule has 0 aromatic carbocycles. The minimum absolute atomic E-state index is 0.715. The molecule has 0 amide bonds. The Morgan fingerprint density at radius 1 is 1.38 bits per heavy atom. The lowest BCUT2D eigenvalue weighted by Crippen LogP contribution is -2.44. The van der Waals surface area contributed by atoms with Crippen LogP contribution in [0.1, 0.15) is 32.6 Å². The van der Waals surface area contributed by atoms with Gasteiger partial charge in [0.15, 0.2) is 0 Å². The van der Waals surface area contributed by atoms with Gasteiger partial charge in [-0.15, -0.1) is 0 Å². The number of aliphatic imine (C=N–C) groups is 1. The largest absolute Gasteiger partial charge is 0.354 e. The molecule has 0 unspecified atom stereocenters. The van der Waals surface area contributed by atoms with Gasteiger partial charge in [-0.3, -0.25) is 10.4 Å². The average molecular weight is 227 g/mol. The zero-order valence-corrected chi connectivity index (χ0v) is 10.3. The van der Waals surface area contributed by atoms with Crippen LogP contribution in [0, 0.1) is 0 Å². The van der Waals surface area contributed by atoms with Gasteiger partial charge in [-0.05, 0) is 32.4 Å². The Balaban J connectivity index is 2.09. The van der Waals surface area contributed by atoms with Crippen LogP contribution in [-0.2, 0) is 0 Å². The Morgan fingerprint density at radius 2 is 2.12 bits per heavy atom. The molecule has 5 nitrogen and oxygen atoms in total. The standard InChI is InChI=1S/C11H25N5/c1-2-3-6-13-11(15-12)14-7-10-16-8-4-5-9-16/h2-10,12H2,1H3,(H2,13,14,15). The number of nitrogens with zero attached hydrogens (tertiary/aromatic N) is 2. The van der Waals surface area contributed by atoms with Gasteiger partial charge in [0.1, 0.15) is 0 Å². The Kier molecular flexibility index (Phi) is 6.92. The van der Waals surface area contributed by atoms with E-state index in [0.717, 1.165) is 32.5 Å². The summed E-state index contributed by atoms with van der Waals surface area (Å²) in [7, 11) is 0. The second kappa shape index (κ2) is 8.35. The smallest absolute Gasteiger partial charge is 0.205 e. The molecule has 1 aliphatic heterocycles. The molecule has 1 saturated heterocycles. The number of unbranched alkanes of at least 4 members (excludes halogenated alkanes) is 1. The van der Waals surface area contributed by atoms with Crippen molar-refractivity contribution in [2.75, 3.05) is 32.7 Å². The van der Waals surface area contributed by atoms with Crippen molar-refractivity contribution in [2.24, 2.45) is 10.8 Å². The molecule has 0 spiro atoms. The van der Waals surface area contributed by atoms with Crippen molar-refractivity contribution >= 4 is 5.96 Å². The molecular formula is C11H25N5. The first-order chi connectivity index (χ1) is 7.86. The minimum atomic E-state index is 0.715. The highest BCUT2D eigenvalue weighted by Gasteiger charge is 2.10. The molecule has 1 fully saturated rings. The van der Waals surface area contributed by atoms with Crippen molar-refractivity contribution < 1.29 is 0 Å². The summed E-state index contributed by atoms with van der Waals surface area (Å²) in [6.07, 6.45) is 4.95. The summed E-state index contributed by atoms with van der Waals surface area (Å²) in [5.41, 5.74) is 2.61. The monoisotopic (exact) mass is 227 g/mol. The number of likely N-dealkylation sites (tertiary alicyclic amines) is 1. The maximum absolute atomic E-state index is 5.39. The van der Waals surface area contributed by atoms with Gasteiger partial charge >= 0.3 is 0 Å². The maximum Gasteiger partial charge on any atom is 0.205 e. The fraction of sp³-hybridized carbons (Fsp3) is 0.909. The topological polar surface area (TPSA) is 65.7 Å². The van der Waals surface area contributed by atoms with E-state index in [2.05, 4.69) is 27.6 Å². The van der Waals surface area contributed by atoms with Gasteiger partial charge < -0.3 is 10.2 Å². The second-order valence-corrected chi connectivity index (χ2v) is 4.20. The molecule has 1 aliphatic rings. The zero-order chi connectivity index (χ0) is 11.6. The van der Waals surface area contributed by atoms with Crippen molar-refractivity contribution in [3.8, 4) is 0 Å². The Labute approximate surface area is 98.4 Å². The fourth-order valence-electron chi connectivity index (χ4n) is 1.84. The van der Waals surface area contributed by atoms with Crippen LogP contribution in [0.15, 0.2) is 4.99 Å². The van der Waals surface area contributed by atoms with Crippen LogP contribution in [0.5, 0.6) is 0 Å². The molecule has 0 atom stereocenters. The van der Waals surface area contributed by atoms with Gasteiger partial charge in [0.2, 0.25) is 5.96 Å². The van der Waals surface area contributed by atoms with Crippen LogP contribution >= 0.6 is 0 Å². The predicted molar refractivity (Wildman–Crippen MR) is 68.2 cm³/mol. The van der Waals surface area contributed by atoms with Gasteiger partial charge in [-0.25, -0.2) is 5.84 Å². The third kappa shape index (κ3) is 5.32. The summed E-state index contributed by atoms with van der Waals surface area (Å²) in [4.78, 5) is 6.81. The Morgan fingerprint density at radius 3 is 2.75 bits per heavy atom. The number of guanidine groups is 1. The summed E-state index contributed by atoms with van der Waals surface area (Å²) in [5, 5.41) is 3.23. The molecule has 0 radical (unpaired) electrons. The first kappa shape index (κ1) is 13.3. The molecule has 4 N–H and O–H groups in total. The molecule has 0 aromatic heterocycles. The highest BCUT2D eigenvalue weighted by atomic mass is 15.3. The zero-order valence-electron chi connectivity index (χ0n) is 10.3. The molecule has 94 valence electrons. The normalized spacial score (nSPS) is 17.8. The van der Waals surface area contributed by atoms with E-state index in [4.69, 9.17) is 5.84 Å². The number of nitrogens with one attached hydrogen (secondary N) is 2. The number of nitrogens with two attached hydrogens (primary N) is 1. The van der Waals surface area contributed by atoms with E-state index >= 15 is 0 Å². The second-order valence-electron chi connectivity index (χ2n) is 4.20. The summed E-state index contributed by atoms with van der Waals surface area (Å²) < 4.78 is 0. The molecule has 1 rings (SSSR count). The lowest BCUT2D eigenvalue weighted by molar-refractivity contribution is 0.343. The van der Waals surface area contributed by atoms with Gasteiger partial charge in [0.05, 0.1) is 0 Å². The third-order valence-corrected chi connectivity index (χ3v) is 2.84. The van der Waals surface area contributed by atoms with Crippen LogP contribution in [0.4, 0.5) is 0 Å². The molecule has 0 aliphatic carbocycles. The lowest BCUT2D eigenvalue weighted by Gasteiger charge is -2.15. The third-order valence-electron chi connectivity index (χ3n) is 2.84. The van der Waals surface area contributed by atoms with E-state index < -0.39 is 0 Å². The number of hydrogen-bond acceptors (Lipinski definition) is 3. The van der Waals surface area contributed by atoms with E-state index in [0.29, 0.717) is 5.96 Å². The van der Waals surface area contributed by atoms with Crippen LogP contribution in [0.2, 0.25) is 0 Å². The van der Waals surface area contributed by atoms with Crippen LogP contribution in [0.25, 0.3) is 0 Å². The lowest BCUT2D eigenvalue weighted by atomic mass is 10.3. The van der Waals surface area contributed by atoms with E-state index in [1.165, 1.54) is 25.9 Å². The molecule has 0 bridgehead atoms. The Hall–Kier alpha value is -0.810. The predicted octanol–water partition coefficient (Wildman–Crippen LogP) is 0.291. The average Bonchev–Trinajstić information content (AvgIpc) is 2.80. The summed E-state index contributed by atoms with van der Waals surface area (Å²) in [6, 6.07) is 0. The van der Waals surface area contributed by atoms with E-state index in [-0.39, 0.29) is 0 Å². The van der Waals surface area contributed by atoms with E-state index in [1.807, 2.05) is 0 Å².